The molecule has 8 heteroatoms. The Kier molecular flexibility index (Phi) is 8.87. The Balaban J connectivity index is 1.78. The van der Waals surface area contributed by atoms with E-state index in [4.69, 9.17) is 32.7 Å². The van der Waals surface area contributed by atoms with Crippen LogP contribution in [0.25, 0.3) is 0 Å². The van der Waals surface area contributed by atoms with E-state index in [9.17, 15) is 9.59 Å². The van der Waals surface area contributed by atoms with Gasteiger partial charge >= 0.3 is 0 Å². The van der Waals surface area contributed by atoms with Gasteiger partial charge in [0.05, 0.1) is 0 Å². The quantitative estimate of drug-likeness (QED) is 0.492. The Morgan fingerprint density at radius 2 is 1.85 bits per heavy atom. The maximum atomic E-state index is 13.4. The number of hydrogen-bond acceptors (Lipinski definition) is 4. The zero-order valence-corrected chi connectivity index (χ0v) is 20.7. The molecule has 1 N–H and O–H groups in total. The van der Waals surface area contributed by atoms with Crippen molar-refractivity contribution in [1.82, 2.24) is 10.2 Å². The minimum Gasteiger partial charge on any atom is -0.454 e. The second-order valence-corrected chi connectivity index (χ2v) is 9.35. The van der Waals surface area contributed by atoms with Crippen molar-refractivity contribution in [3.63, 3.8) is 0 Å². The second-order valence-electron chi connectivity index (χ2n) is 8.51. The van der Waals surface area contributed by atoms with Crippen LogP contribution >= 0.6 is 23.2 Å². The standard InChI is InChI=1S/C25H30Cl2N2O4/c1-4-21(25(31)28-13-16(2)3)29(14-18-7-8-19(26)12-20(18)27)24(30)10-6-17-5-9-22-23(11-17)33-15-32-22/h5,7-9,11-12,16,21H,4,6,10,13-15H2,1-3H3,(H,28,31)/t21-/m1/s1. The molecule has 1 aliphatic rings. The minimum absolute atomic E-state index is 0.120. The molecule has 0 radical (unpaired) electrons. The van der Waals surface area contributed by atoms with Gasteiger partial charge < -0.3 is 19.7 Å². The fourth-order valence-electron chi connectivity index (χ4n) is 3.67. The number of hydrogen-bond donors (Lipinski definition) is 1. The number of fused-ring (bicyclic) bond motifs is 1. The van der Waals surface area contributed by atoms with E-state index in [1.54, 1.807) is 23.1 Å². The third-order valence-electron chi connectivity index (χ3n) is 5.49. The molecule has 2 amide bonds. The van der Waals surface area contributed by atoms with Crippen LogP contribution in [0.4, 0.5) is 0 Å². The fourth-order valence-corrected chi connectivity index (χ4v) is 4.14. The van der Waals surface area contributed by atoms with Crippen molar-refractivity contribution in [2.24, 2.45) is 5.92 Å². The van der Waals surface area contributed by atoms with E-state index in [2.05, 4.69) is 5.32 Å². The number of aryl methyl sites for hydroxylation is 1. The van der Waals surface area contributed by atoms with Gasteiger partial charge in [-0.05, 0) is 54.2 Å². The van der Waals surface area contributed by atoms with Crippen molar-refractivity contribution in [3.8, 4) is 11.5 Å². The predicted octanol–water partition coefficient (Wildman–Crippen LogP) is 5.23. The van der Waals surface area contributed by atoms with Crippen LogP contribution in [0.2, 0.25) is 10.0 Å². The van der Waals surface area contributed by atoms with Gasteiger partial charge in [0.25, 0.3) is 0 Å². The minimum atomic E-state index is -0.597. The number of amides is 2. The van der Waals surface area contributed by atoms with Crippen molar-refractivity contribution in [2.45, 2.75) is 52.6 Å². The molecule has 2 aromatic carbocycles. The summed E-state index contributed by atoms with van der Waals surface area (Å²) < 4.78 is 10.8. The predicted molar refractivity (Wildman–Crippen MR) is 130 cm³/mol. The molecular formula is C25H30Cl2N2O4. The van der Waals surface area contributed by atoms with E-state index in [0.29, 0.717) is 46.8 Å². The number of benzene rings is 2. The Hall–Kier alpha value is -2.44. The molecule has 1 atom stereocenters. The van der Waals surface area contributed by atoms with Gasteiger partial charge in [-0.2, -0.15) is 0 Å². The molecule has 3 rings (SSSR count). The van der Waals surface area contributed by atoms with Gasteiger partial charge in [-0.1, -0.05) is 56.1 Å². The molecule has 2 aromatic rings. The highest BCUT2D eigenvalue weighted by atomic mass is 35.5. The number of carbonyl (C=O) groups is 2. The van der Waals surface area contributed by atoms with E-state index in [1.807, 2.05) is 39.0 Å². The van der Waals surface area contributed by atoms with Crippen molar-refractivity contribution in [3.05, 3.63) is 57.6 Å². The fraction of sp³-hybridized carbons (Fsp3) is 0.440. The number of rotatable bonds is 10. The first-order valence-corrected chi connectivity index (χ1v) is 11.9. The highest BCUT2D eigenvalue weighted by molar-refractivity contribution is 6.35. The topological polar surface area (TPSA) is 67.9 Å². The second kappa shape index (κ2) is 11.6. The molecule has 6 nitrogen and oxygen atoms in total. The van der Waals surface area contributed by atoms with Crippen LogP contribution in [0, 0.1) is 5.92 Å². The summed E-state index contributed by atoms with van der Waals surface area (Å²) >= 11 is 12.4. The average Bonchev–Trinajstić information content (AvgIpc) is 3.25. The third kappa shape index (κ3) is 6.78. The maximum Gasteiger partial charge on any atom is 0.242 e. The number of ether oxygens (including phenoxy) is 2. The van der Waals surface area contributed by atoms with Crippen molar-refractivity contribution in [2.75, 3.05) is 13.3 Å². The Morgan fingerprint density at radius 1 is 1.09 bits per heavy atom. The lowest BCUT2D eigenvalue weighted by molar-refractivity contribution is -0.141. The molecule has 0 aliphatic carbocycles. The summed E-state index contributed by atoms with van der Waals surface area (Å²) in [5, 5.41) is 3.95. The number of halogens is 2. The van der Waals surface area contributed by atoms with E-state index in [1.165, 1.54) is 0 Å². The summed E-state index contributed by atoms with van der Waals surface area (Å²) in [5.41, 5.74) is 1.71. The molecule has 0 saturated carbocycles. The van der Waals surface area contributed by atoms with E-state index in [-0.39, 0.29) is 31.6 Å². The zero-order valence-electron chi connectivity index (χ0n) is 19.2. The Bertz CT molecular complexity index is 996. The highest BCUT2D eigenvalue weighted by Crippen LogP contribution is 2.33. The zero-order chi connectivity index (χ0) is 24.0. The van der Waals surface area contributed by atoms with Crippen LogP contribution in [0.15, 0.2) is 36.4 Å². The number of carbonyl (C=O) groups excluding carboxylic acids is 2. The molecule has 1 heterocycles. The third-order valence-corrected chi connectivity index (χ3v) is 6.08. The molecule has 178 valence electrons. The molecular weight excluding hydrogens is 463 g/mol. The van der Waals surface area contributed by atoms with Crippen LogP contribution < -0.4 is 14.8 Å². The summed E-state index contributed by atoms with van der Waals surface area (Å²) in [6, 6.07) is 10.2. The molecule has 0 saturated heterocycles. The van der Waals surface area contributed by atoms with Crippen LogP contribution in [0.5, 0.6) is 11.5 Å². The molecule has 0 fully saturated rings. The lowest BCUT2D eigenvalue weighted by Gasteiger charge is -2.31. The van der Waals surface area contributed by atoms with Gasteiger partial charge in [0, 0.05) is 29.6 Å². The molecule has 0 bridgehead atoms. The largest absolute Gasteiger partial charge is 0.454 e. The van der Waals surface area contributed by atoms with Crippen LogP contribution in [0.1, 0.15) is 44.7 Å². The van der Waals surface area contributed by atoms with Gasteiger partial charge in [-0.3, -0.25) is 9.59 Å². The van der Waals surface area contributed by atoms with E-state index in [0.717, 1.165) is 11.1 Å². The highest BCUT2D eigenvalue weighted by Gasteiger charge is 2.29. The van der Waals surface area contributed by atoms with Crippen LogP contribution in [0.3, 0.4) is 0 Å². The SMILES string of the molecule is CC[C@H](C(=O)NCC(C)C)N(Cc1ccc(Cl)cc1Cl)C(=O)CCc1ccc2c(c1)OCO2. The van der Waals surface area contributed by atoms with Gasteiger partial charge in [0.1, 0.15) is 6.04 Å². The van der Waals surface area contributed by atoms with Gasteiger partial charge in [0.2, 0.25) is 18.6 Å². The van der Waals surface area contributed by atoms with Crippen molar-refractivity contribution >= 4 is 35.0 Å². The Labute approximate surface area is 205 Å². The molecule has 1 aliphatic heterocycles. The number of nitrogens with one attached hydrogen (secondary N) is 1. The average molecular weight is 493 g/mol. The first-order valence-electron chi connectivity index (χ1n) is 11.2. The van der Waals surface area contributed by atoms with Gasteiger partial charge in [-0.15, -0.1) is 0 Å². The molecule has 0 aromatic heterocycles. The molecule has 0 unspecified atom stereocenters. The summed E-state index contributed by atoms with van der Waals surface area (Å²) in [4.78, 5) is 28.0. The number of nitrogens with zero attached hydrogens (tertiary/aromatic N) is 1. The van der Waals surface area contributed by atoms with Gasteiger partial charge in [0.15, 0.2) is 11.5 Å². The summed E-state index contributed by atoms with van der Waals surface area (Å²) in [6.45, 7) is 6.95. The van der Waals surface area contributed by atoms with Crippen LogP contribution in [-0.4, -0.2) is 36.1 Å². The Morgan fingerprint density at radius 3 is 2.55 bits per heavy atom. The monoisotopic (exact) mass is 492 g/mol. The first kappa shape index (κ1) is 25.2. The van der Waals surface area contributed by atoms with Gasteiger partial charge in [-0.25, -0.2) is 0 Å². The lowest BCUT2D eigenvalue weighted by atomic mass is 10.1. The molecule has 0 spiro atoms. The lowest BCUT2D eigenvalue weighted by Crippen LogP contribution is -2.49. The van der Waals surface area contributed by atoms with E-state index >= 15 is 0 Å². The van der Waals surface area contributed by atoms with E-state index < -0.39 is 6.04 Å². The van der Waals surface area contributed by atoms with Crippen molar-refractivity contribution in [1.29, 1.82) is 0 Å². The molecule has 33 heavy (non-hydrogen) atoms. The summed E-state index contributed by atoms with van der Waals surface area (Å²) in [6.07, 6.45) is 1.26. The first-order chi connectivity index (χ1) is 15.8. The summed E-state index contributed by atoms with van der Waals surface area (Å²) in [5.74, 6) is 1.42. The maximum absolute atomic E-state index is 13.4. The smallest absolute Gasteiger partial charge is 0.242 e. The normalized spacial score (nSPS) is 13.2. The summed E-state index contributed by atoms with van der Waals surface area (Å²) in [7, 11) is 0. The van der Waals surface area contributed by atoms with Crippen LogP contribution in [-0.2, 0) is 22.6 Å². The van der Waals surface area contributed by atoms with Crippen molar-refractivity contribution < 1.29 is 19.1 Å².